The van der Waals surface area contributed by atoms with Crippen LogP contribution in [0, 0.1) is 0 Å². The number of benzene rings is 2. The van der Waals surface area contributed by atoms with Gasteiger partial charge in [-0.05, 0) is 55.0 Å². The maximum absolute atomic E-state index is 12.3. The largest absolute Gasteiger partial charge is 0.457 e. The van der Waals surface area contributed by atoms with Crippen molar-refractivity contribution in [1.82, 2.24) is 4.98 Å². The summed E-state index contributed by atoms with van der Waals surface area (Å²) in [6.07, 6.45) is 4.67. The summed E-state index contributed by atoms with van der Waals surface area (Å²) in [5.41, 5.74) is 5.46. The second kappa shape index (κ2) is 5.92. The molecular weight excluding hydrogens is 286 g/mol. The standard InChI is InChI=1S/C20H19NO2/c22-20(23-13-14-6-2-1-3-7-14)15-10-11-19-17(12-15)16-8-4-5-9-18(16)21-19/h1-3,6-7,10-12,21H,4-5,8-9,13H2. The molecule has 1 aliphatic carbocycles. The number of hydrogen-bond donors (Lipinski definition) is 1. The van der Waals surface area contributed by atoms with Crippen LogP contribution in [-0.2, 0) is 24.2 Å². The van der Waals surface area contributed by atoms with Crippen LogP contribution in [0.15, 0.2) is 48.5 Å². The number of carbonyl (C=O) groups is 1. The summed E-state index contributed by atoms with van der Waals surface area (Å²) in [6, 6.07) is 15.6. The Bertz CT molecular complexity index is 849. The van der Waals surface area contributed by atoms with Gasteiger partial charge in [0.25, 0.3) is 0 Å². The van der Waals surface area contributed by atoms with Crippen LogP contribution in [0.5, 0.6) is 0 Å². The number of hydrogen-bond acceptors (Lipinski definition) is 2. The minimum Gasteiger partial charge on any atom is -0.457 e. The van der Waals surface area contributed by atoms with Crippen molar-refractivity contribution in [2.24, 2.45) is 0 Å². The molecule has 0 spiro atoms. The highest BCUT2D eigenvalue weighted by molar-refractivity contribution is 5.96. The van der Waals surface area contributed by atoms with Crippen LogP contribution >= 0.6 is 0 Å². The summed E-state index contributed by atoms with van der Waals surface area (Å²) in [5, 5.41) is 1.17. The lowest BCUT2D eigenvalue weighted by molar-refractivity contribution is 0.0473. The highest BCUT2D eigenvalue weighted by Gasteiger charge is 2.17. The van der Waals surface area contributed by atoms with Gasteiger partial charge in [-0.3, -0.25) is 0 Å². The summed E-state index contributed by atoms with van der Waals surface area (Å²) in [5.74, 6) is -0.262. The minimum absolute atomic E-state index is 0.262. The zero-order chi connectivity index (χ0) is 15.6. The molecular formula is C20H19NO2. The average Bonchev–Trinajstić information content (AvgIpc) is 2.98. The molecule has 3 aromatic rings. The molecule has 2 aromatic carbocycles. The van der Waals surface area contributed by atoms with Crippen molar-refractivity contribution in [1.29, 1.82) is 0 Å². The highest BCUT2D eigenvalue weighted by Crippen LogP contribution is 2.29. The Kier molecular flexibility index (Phi) is 3.62. The average molecular weight is 305 g/mol. The van der Waals surface area contributed by atoms with Crippen molar-refractivity contribution >= 4 is 16.9 Å². The number of aromatic amines is 1. The minimum atomic E-state index is -0.262. The van der Waals surface area contributed by atoms with Crippen molar-refractivity contribution in [3.05, 3.63) is 70.9 Å². The molecule has 1 heterocycles. The van der Waals surface area contributed by atoms with E-state index in [4.69, 9.17) is 4.74 Å². The van der Waals surface area contributed by atoms with Gasteiger partial charge in [-0.1, -0.05) is 30.3 Å². The molecule has 0 fully saturated rings. The van der Waals surface area contributed by atoms with Gasteiger partial charge < -0.3 is 9.72 Å². The molecule has 0 amide bonds. The molecule has 0 saturated carbocycles. The van der Waals surface area contributed by atoms with E-state index in [9.17, 15) is 4.79 Å². The third-order valence-corrected chi connectivity index (χ3v) is 4.55. The number of nitrogens with one attached hydrogen (secondary N) is 1. The summed E-state index contributed by atoms with van der Waals surface area (Å²) < 4.78 is 5.43. The van der Waals surface area contributed by atoms with E-state index < -0.39 is 0 Å². The first-order valence-electron chi connectivity index (χ1n) is 8.16. The number of fused-ring (bicyclic) bond motifs is 3. The number of rotatable bonds is 3. The highest BCUT2D eigenvalue weighted by atomic mass is 16.5. The van der Waals surface area contributed by atoms with E-state index in [1.54, 1.807) is 0 Å². The monoisotopic (exact) mass is 305 g/mol. The van der Waals surface area contributed by atoms with Gasteiger partial charge in [-0.2, -0.15) is 0 Å². The number of H-pyrrole nitrogens is 1. The lowest BCUT2D eigenvalue weighted by atomic mass is 9.95. The number of esters is 1. The van der Waals surface area contributed by atoms with E-state index in [-0.39, 0.29) is 5.97 Å². The van der Waals surface area contributed by atoms with Crippen molar-refractivity contribution in [2.45, 2.75) is 32.3 Å². The van der Waals surface area contributed by atoms with E-state index in [1.165, 1.54) is 29.5 Å². The van der Waals surface area contributed by atoms with E-state index in [2.05, 4.69) is 4.98 Å². The lowest BCUT2D eigenvalue weighted by Gasteiger charge is -2.10. The predicted octanol–water partition coefficient (Wildman–Crippen LogP) is 4.40. The van der Waals surface area contributed by atoms with Crippen molar-refractivity contribution in [3.63, 3.8) is 0 Å². The van der Waals surface area contributed by atoms with Crippen LogP contribution in [0.3, 0.4) is 0 Å². The second-order valence-corrected chi connectivity index (χ2v) is 6.11. The molecule has 1 N–H and O–H groups in total. The molecule has 0 bridgehead atoms. The fraction of sp³-hybridized carbons (Fsp3) is 0.250. The van der Waals surface area contributed by atoms with Gasteiger partial charge in [0, 0.05) is 16.6 Å². The summed E-state index contributed by atoms with van der Waals surface area (Å²) >= 11 is 0. The molecule has 116 valence electrons. The van der Waals surface area contributed by atoms with E-state index >= 15 is 0 Å². The Balaban J connectivity index is 1.57. The van der Waals surface area contributed by atoms with Crippen LogP contribution in [0.1, 0.15) is 40.0 Å². The number of carbonyl (C=O) groups excluding carboxylic acids is 1. The van der Waals surface area contributed by atoms with E-state index in [0.717, 1.165) is 23.9 Å². The molecule has 3 heteroatoms. The Morgan fingerprint density at radius 3 is 2.74 bits per heavy atom. The Morgan fingerprint density at radius 2 is 1.87 bits per heavy atom. The summed E-state index contributed by atoms with van der Waals surface area (Å²) in [4.78, 5) is 15.8. The molecule has 0 unspecified atom stereocenters. The molecule has 0 aliphatic heterocycles. The normalized spacial score (nSPS) is 13.7. The number of aryl methyl sites for hydroxylation is 2. The maximum atomic E-state index is 12.3. The molecule has 0 saturated heterocycles. The third kappa shape index (κ3) is 2.74. The quantitative estimate of drug-likeness (QED) is 0.729. The first-order chi connectivity index (χ1) is 11.3. The Hall–Kier alpha value is -2.55. The van der Waals surface area contributed by atoms with Gasteiger partial charge in [0.05, 0.1) is 5.56 Å². The topological polar surface area (TPSA) is 42.1 Å². The fourth-order valence-electron chi connectivity index (χ4n) is 3.34. The molecule has 1 aliphatic rings. The van der Waals surface area contributed by atoms with Crippen LogP contribution in [-0.4, -0.2) is 11.0 Å². The van der Waals surface area contributed by atoms with Gasteiger partial charge in [-0.25, -0.2) is 4.79 Å². The second-order valence-electron chi connectivity index (χ2n) is 6.11. The molecule has 0 radical (unpaired) electrons. The molecule has 4 rings (SSSR count). The SMILES string of the molecule is O=C(OCc1ccccc1)c1ccc2[nH]c3c(c2c1)CCCC3. The van der Waals surface area contributed by atoms with E-state index in [0.29, 0.717) is 12.2 Å². The lowest BCUT2D eigenvalue weighted by Crippen LogP contribution is -2.05. The van der Waals surface area contributed by atoms with Crippen molar-refractivity contribution < 1.29 is 9.53 Å². The number of ether oxygens (including phenoxy) is 1. The van der Waals surface area contributed by atoms with Gasteiger partial charge in [-0.15, -0.1) is 0 Å². The number of aromatic nitrogens is 1. The molecule has 23 heavy (non-hydrogen) atoms. The zero-order valence-electron chi connectivity index (χ0n) is 13.0. The smallest absolute Gasteiger partial charge is 0.338 e. The summed E-state index contributed by atoms with van der Waals surface area (Å²) in [7, 11) is 0. The fourth-order valence-corrected chi connectivity index (χ4v) is 3.34. The maximum Gasteiger partial charge on any atom is 0.338 e. The summed E-state index contributed by atoms with van der Waals surface area (Å²) in [6.45, 7) is 0.308. The van der Waals surface area contributed by atoms with Gasteiger partial charge in [0.2, 0.25) is 0 Å². The zero-order valence-corrected chi connectivity index (χ0v) is 13.0. The predicted molar refractivity (Wildman–Crippen MR) is 90.5 cm³/mol. The van der Waals surface area contributed by atoms with Crippen LogP contribution in [0.4, 0.5) is 0 Å². The van der Waals surface area contributed by atoms with Gasteiger partial charge >= 0.3 is 5.97 Å². The van der Waals surface area contributed by atoms with Gasteiger partial charge in [0.15, 0.2) is 0 Å². The molecule has 1 aromatic heterocycles. The van der Waals surface area contributed by atoms with Crippen LogP contribution in [0.25, 0.3) is 10.9 Å². The first kappa shape index (κ1) is 14.1. The van der Waals surface area contributed by atoms with E-state index in [1.807, 2.05) is 48.5 Å². The van der Waals surface area contributed by atoms with Gasteiger partial charge in [0.1, 0.15) is 6.61 Å². The van der Waals surface area contributed by atoms with Crippen molar-refractivity contribution in [3.8, 4) is 0 Å². The Morgan fingerprint density at radius 1 is 1.04 bits per heavy atom. The molecule has 0 atom stereocenters. The van der Waals surface area contributed by atoms with Crippen molar-refractivity contribution in [2.75, 3.05) is 0 Å². The third-order valence-electron chi connectivity index (χ3n) is 4.55. The van der Waals surface area contributed by atoms with Crippen LogP contribution in [0.2, 0.25) is 0 Å². The van der Waals surface area contributed by atoms with Crippen LogP contribution < -0.4 is 0 Å². The molecule has 3 nitrogen and oxygen atoms in total. The Labute approximate surface area is 135 Å². The first-order valence-corrected chi connectivity index (χ1v) is 8.16.